The smallest absolute Gasteiger partial charge is 0.228 e. The van der Waals surface area contributed by atoms with Crippen molar-refractivity contribution < 1.29 is 4.79 Å². The number of hydrogen-bond acceptors (Lipinski definition) is 1. The highest BCUT2D eigenvalue weighted by atomic mass is 79.9. The highest BCUT2D eigenvalue weighted by Gasteiger charge is 2.44. The summed E-state index contributed by atoms with van der Waals surface area (Å²) in [6, 6.07) is 0. The minimum atomic E-state index is -0.0129. The van der Waals surface area contributed by atoms with Gasteiger partial charge in [0, 0.05) is 23.3 Å². The molecule has 1 atom stereocenters. The summed E-state index contributed by atoms with van der Waals surface area (Å²) in [7, 11) is 0. The molecule has 0 aromatic heterocycles. The third-order valence-corrected chi connectivity index (χ3v) is 6.04. The van der Waals surface area contributed by atoms with E-state index in [4.69, 9.17) is 0 Å². The van der Waals surface area contributed by atoms with Gasteiger partial charge in [-0.15, -0.1) is 0 Å². The highest BCUT2D eigenvalue weighted by molar-refractivity contribution is 9.09. The van der Waals surface area contributed by atoms with Gasteiger partial charge in [-0.1, -0.05) is 49.5 Å². The summed E-state index contributed by atoms with van der Waals surface area (Å²) >= 11 is 3.70. The number of piperidine rings is 1. The molecule has 0 aromatic carbocycles. The van der Waals surface area contributed by atoms with E-state index in [0.29, 0.717) is 16.7 Å². The Morgan fingerprint density at radius 2 is 1.75 bits per heavy atom. The van der Waals surface area contributed by atoms with Crippen molar-refractivity contribution in [3.63, 3.8) is 0 Å². The van der Waals surface area contributed by atoms with E-state index in [2.05, 4.69) is 41.6 Å². The minimum absolute atomic E-state index is 0.0129. The fourth-order valence-corrected chi connectivity index (χ4v) is 4.76. The average molecular weight is 344 g/mol. The first kappa shape index (κ1) is 16.3. The third-order valence-electron chi connectivity index (χ3n) is 5.29. The van der Waals surface area contributed by atoms with E-state index in [-0.39, 0.29) is 5.41 Å². The second-order valence-electron chi connectivity index (χ2n) is 7.39. The zero-order valence-corrected chi connectivity index (χ0v) is 14.9. The van der Waals surface area contributed by atoms with Crippen LogP contribution in [-0.2, 0) is 4.79 Å². The first-order chi connectivity index (χ1) is 9.44. The Balaban J connectivity index is 1.99. The summed E-state index contributed by atoms with van der Waals surface area (Å²) < 4.78 is 0. The van der Waals surface area contributed by atoms with Crippen molar-refractivity contribution in [2.45, 2.75) is 70.5 Å². The van der Waals surface area contributed by atoms with Gasteiger partial charge in [0.15, 0.2) is 0 Å². The van der Waals surface area contributed by atoms with Crippen molar-refractivity contribution in [3.8, 4) is 0 Å². The Bertz CT molecular complexity index is 326. The van der Waals surface area contributed by atoms with Crippen LogP contribution in [0, 0.1) is 17.3 Å². The molecule has 116 valence electrons. The molecule has 1 saturated heterocycles. The molecule has 1 saturated carbocycles. The second-order valence-corrected chi connectivity index (χ2v) is 8.84. The van der Waals surface area contributed by atoms with Gasteiger partial charge in [-0.3, -0.25) is 4.79 Å². The molecule has 2 aliphatic rings. The third kappa shape index (κ3) is 3.58. The van der Waals surface area contributed by atoms with Gasteiger partial charge in [-0.2, -0.15) is 0 Å². The maximum absolute atomic E-state index is 13.0. The van der Waals surface area contributed by atoms with Crippen LogP contribution in [0.25, 0.3) is 0 Å². The number of rotatable bonds is 4. The van der Waals surface area contributed by atoms with Crippen LogP contribution in [0.4, 0.5) is 0 Å². The van der Waals surface area contributed by atoms with Crippen molar-refractivity contribution in [2.24, 2.45) is 17.3 Å². The number of amides is 1. The van der Waals surface area contributed by atoms with Crippen molar-refractivity contribution >= 4 is 21.8 Å². The fraction of sp³-hybridized carbons (Fsp3) is 0.941. The summed E-state index contributed by atoms with van der Waals surface area (Å²) in [6.45, 7) is 8.69. The van der Waals surface area contributed by atoms with Gasteiger partial charge in [-0.25, -0.2) is 0 Å². The summed E-state index contributed by atoms with van der Waals surface area (Å²) in [5.74, 6) is 1.84. The summed E-state index contributed by atoms with van der Waals surface area (Å²) in [5.41, 5.74) is -0.0129. The van der Waals surface area contributed by atoms with Gasteiger partial charge in [0.1, 0.15) is 0 Å². The van der Waals surface area contributed by atoms with Crippen molar-refractivity contribution in [1.82, 2.24) is 4.90 Å². The Morgan fingerprint density at radius 3 is 2.20 bits per heavy atom. The lowest BCUT2D eigenvalue weighted by molar-refractivity contribution is -0.144. The number of carbonyl (C=O) groups is 1. The molecule has 20 heavy (non-hydrogen) atoms. The van der Waals surface area contributed by atoms with Gasteiger partial charge in [0.2, 0.25) is 5.91 Å². The molecule has 0 bridgehead atoms. The molecule has 1 aliphatic carbocycles. The second kappa shape index (κ2) is 6.81. The largest absolute Gasteiger partial charge is 0.342 e. The fourth-order valence-electron chi connectivity index (χ4n) is 4.24. The molecule has 3 heteroatoms. The van der Waals surface area contributed by atoms with E-state index >= 15 is 0 Å². The van der Waals surface area contributed by atoms with Gasteiger partial charge in [0.25, 0.3) is 0 Å². The molecule has 0 aromatic rings. The quantitative estimate of drug-likeness (QED) is 0.682. The van der Waals surface area contributed by atoms with Crippen LogP contribution >= 0.6 is 15.9 Å². The van der Waals surface area contributed by atoms with E-state index in [1.165, 1.54) is 12.8 Å². The normalized spacial score (nSPS) is 25.1. The molecule has 2 rings (SSSR count). The molecule has 2 fully saturated rings. The lowest BCUT2D eigenvalue weighted by atomic mass is 9.76. The Labute approximate surface area is 132 Å². The zero-order chi connectivity index (χ0) is 14.8. The molecule has 0 spiro atoms. The maximum atomic E-state index is 13.0. The molecule has 1 heterocycles. The summed E-state index contributed by atoms with van der Waals surface area (Å²) in [5, 5.41) is 0. The number of carbonyl (C=O) groups excluding carboxylic acids is 1. The Kier molecular flexibility index (Phi) is 5.56. The number of likely N-dealkylation sites (tertiary alicyclic amines) is 1. The molecular formula is C17H30BrNO. The van der Waals surface area contributed by atoms with E-state index in [0.717, 1.165) is 51.1 Å². The number of hydrogen-bond donors (Lipinski definition) is 0. The number of alkyl halides is 1. The number of halogens is 1. The predicted molar refractivity (Wildman–Crippen MR) is 88.0 cm³/mol. The van der Waals surface area contributed by atoms with Crippen LogP contribution in [0.1, 0.15) is 65.7 Å². The molecule has 0 N–H and O–H groups in total. The maximum Gasteiger partial charge on any atom is 0.228 e. The van der Waals surface area contributed by atoms with Gasteiger partial charge in [0.05, 0.1) is 0 Å². The van der Waals surface area contributed by atoms with E-state index < -0.39 is 0 Å². The van der Waals surface area contributed by atoms with Crippen LogP contribution in [0.2, 0.25) is 0 Å². The van der Waals surface area contributed by atoms with Crippen LogP contribution < -0.4 is 0 Å². The Hall–Kier alpha value is -0.0500. The van der Waals surface area contributed by atoms with E-state index in [1.54, 1.807) is 0 Å². The monoisotopic (exact) mass is 343 g/mol. The topological polar surface area (TPSA) is 20.3 Å². The van der Waals surface area contributed by atoms with Crippen LogP contribution in [-0.4, -0.2) is 28.7 Å². The number of nitrogens with zero attached hydrogens (tertiary/aromatic N) is 1. The van der Waals surface area contributed by atoms with Crippen molar-refractivity contribution in [1.29, 1.82) is 0 Å². The van der Waals surface area contributed by atoms with Gasteiger partial charge in [-0.05, 0) is 43.9 Å². The Morgan fingerprint density at radius 1 is 1.20 bits per heavy atom. The zero-order valence-electron chi connectivity index (χ0n) is 13.3. The van der Waals surface area contributed by atoms with Crippen LogP contribution in [0.3, 0.4) is 0 Å². The van der Waals surface area contributed by atoms with Gasteiger partial charge >= 0.3 is 0 Å². The molecule has 1 unspecified atom stereocenters. The molecule has 0 radical (unpaired) electrons. The standard InChI is InChI=1S/C17H30BrNO/c1-13(2)12-17(8-4-5-9-17)16(20)19-10-6-15(7-11-19)14(3)18/h13-15H,4-12H2,1-3H3. The first-order valence-corrected chi connectivity index (χ1v) is 9.29. The molecular weight excluding hydrogens is 314 g/mol. The lowest BCUT2D eigenvalue weighted by Crippen LogP contribution is -2.47. The van der Waals surface area contributed by atoms with Crippen molar-refractivity contribution in [2.75, 3.05) is 13.1 Å². The van der Waals surface area contributed by atoms with Gasteiger partial charge < -0.3 is 4.90 Å². The summed E-state index contributed by atoms with van der Waals surface area (Å²) in [6.07, 6.45) is 8.14. The highest BCUT2D eigenvalue weighted by Crippen LogP contribution is 2.45. The average Bonchev–Trinajstić information content (AvgIpc) is 2.87. The van der Waals surface area contributed by atoms with E-state index in [1.807, 2.05) is 0 Å². The van der Waals surface area contributed by atoms with E-state index in [9.17, 15) is 4.79 Å². The molecule has 2 nitrogen and oxygen atoms in total. The van der Waals surface area contributed by atoms with Crippen LogP contribution in [0.15, 0.2) is 0 Å². The first-order valence-electron chi connectivity index (χ1n) is 8.38. The summed E-state index contributed by atoms with van der Waals surface area (Å²) in [4.78, 5) is 15.8. The van der Waals surface area contributed by atoms with Crippen molar-refractivity contribution in [3.05, 3.63) is 0 Å². The minimum Gasteiger partial charge on any atom is -0.342 e. The SMILES string of the molecule is CC(C)CC1(C(=O)N2CCC(C(C)Br)CC2)CCCC1. The predicted octanol–water partition coefficient (Wildman–Crippen LogP) is 4.61. The lowest BCUT2D eigenvalue weighted by Gasteiger charge is -2.40. The molecule has 1 aliphatic heterocycles. The van der Waals surface area contributed by atoms with Crippen LogP contribution in [0.5, 0.6) is 0 Å². The molecule has 1 amide bonds.